The Morgan fingerprint density at radius 1 is 0.741 bits per heavy atom. The molecule has 0 heterocycles. The van der Waals surface area contributed by atoms with Gasteiger partial charge in [0.15, 0.2) is 0 Å². The molecule has 1 aromatic rings. The summed E-state index contributed by atoms with van der Waals surface area (Å²) in [6, 6.07) is 11.1. The monoisotopic (exact) mass is 370 g/mol. The molecule has 0 radical (unpaired) electrons. The van der Waals surface area contributed by atoms with Gasteiger partial charge in [-0.15, -0.1) is 0 Å². The van der Waals surface area contributed by atoms with Crippen LogP contribution in [0.3, 0.4) is 0 Å². The summed E-state index contributed by atoms with van der Waals surface area (Å²) in [5.41, 5.74) is 1.53. The van der Waals surface area contributed by atoms with Gasteiger partial charge in [0.25, 0.3) is 0 Å². The second kappa shape index (κ2) is 11.9. The van der Waals surface area contributed by atoms with Gasteiger partial charge in [-0.1, -0.05) is 88.6 Å². The van der Waals surface area contributed by atoms with Gasteiger partial charge in [-0.2, -0.15) is 0 Å². The summed E-state index contributed by atoms with van der Waals surface area (Å²) in [5, 5.41) is 0. The highest BCUT2D eigenvalue weighted by molar-refractivity contribution is 5.19. The second-order valence-corrected chi connectivity index (χ2v) is 9.31. The van der Waals surface area contributed by atoms with E-state index >= 15 is 0 Å². The van der Waals surface area contributed by atoms with Crippen LogP contribution in [0.4, 0.5) is 0 Å². The van der Waals surface area contributed by atoms with E-state index in [0.29, 0.717) is 6.10 Å². The molecule has 0 saturated heterocycles. The summed E-state index contributed by atoms with van der Waals surface area (Å²) in [5.74, 6) is 2.62. The number of hydrogen-bond donors (Lipinski definition) is 0. The van der Waals surface area contributed by atoms with E-state index in [4.69, 9.17) is 4.74 Å². The first-order chi connectivity index (χ1) is 13.3. The number of hydrogen-bond acceptors (Lipinski definition) is 1. The average Bonchev–Trinajstić information content (AvgIpc) is 2.74. The van der Waals surface area contributed by atoms with Crippen molar-refractivity contribution < 1.29 is 4.74 Å². The zero-order valence-electron chi connectivity index (χ0n) is 17.7. The van der Waals surface area contributed by atoms with Gasteiger partial charge in [-0.3, -0.25) is 0 Å². The van der Waals surface area contributed by atoms with Crippen LogP contribution in [-0.4, -0.2) is 12.7 Å². The Bertz CT molecular complexity index is 480. The number of ether oxygens (including phenoxy) is 1. The topological polar surface area (TPSA) is 9.23 Å². The Hall–Kier alpha value is -0.820. The van der Waals surface area contributed by atoms with E-state index in [2.05, 4.69) is 37.3 Å². The van der Waals surface area contributed by atoms with Crippen molar-refractivity contribution in [1.82, 2.24) is 0 Å². The second-order valence-electron chi connectivity index (χ2n) is 9.31. The Morgan fingerprint density at radius 2 is 1.41 bits per heavy atom. The lowest BCUT2D eigenvalue weighted by molar-refractivity contribution is -0.00484. The van der Waals surface area contributed by atoms with Crippen LogP contribution in [0, 0.1) is 11.8 Å². The molecule has 0 unspecified atom stereocenters. The molecular weight excluding hydrogens is 328 g/mol. The van der Waals surface area contributed by atoms with Crippen molar-refractivity contribution >= 4 is 0 Å². The SMILES string of the molecule is CCCCCCC[C@H]1CC[C@H](CO[C@H]2CC[C@H](c3ccccc3)CC2)CC1. The van der Waals surface area contributed by atoms with Crippen molar-refractivity contribution in [2.24, 2.45) is 11.8 Å². The fraction of sp³-hybridized carbons (Fsp3) is 0.769. The number of benzene rings is 1. The fourth-order valence-corrected chi connectivity index (χ4v) is 5.28. The summed E-state index contributed by atoms with van der Waals surface area (Å²) in [7, 11) is 0. The molecule has 152 valence electrons. The van der Waals surface area contributed by atoms with Crippen LogP contribution in [0.2, 0.25) is 0 Å². The molecule has 27 heavy (non-hydrogen) atoms. The number of unbranched alkanes of at least 4 members (excludes halogenated alkanes) is 4. The van der Waals surface area contributed by atoms with Gasteiger partial charge in [0, 0.05) is 6.61 Å². The largest absolute Gasteiger partial charge is 0.378 e. The van der Waals surface area contributed by atoms with Crippen LogP contribution < -0.4 is 0 Å². The average molecular weight is 371 g/mol. The van der Waals surface area contributed by atoms with Crippen molar-refractivity contribution in [3.63, 3.8) is 0 Å². The van der Waals surface area contributed by atoms with Gasteiger partial charge in [0.05, 0.1) is 6.10 Å². The summed E-state index contributed by atoms with van der Waals surface area (Å²) in [6.07, 6.45) is 20.1. The highest BCUT2D eigenvalue weighted by Gasteiger charge is 2.25. The molecule has 0 N–H and O–H groups in total. The van der Waals surface area contributed by atoms with Gasteiger partial charge < -0.3 is 4.74 Å². The molecule has 0 bridgehead atoms. The summed E-state index contributed by atoms with van der Waals surface area (Å²) in [6.45, 7) is 3.34. The van der Waals surface area contributed by atoms with E-state index in [1.807, 2.05) is 0 Å². The lowest BCUT2D eigenvalue weighted by Gasteiger charge is -2.32. The van der Waals surface area contributed by atoms with Gasteiger partial charge in [-0.25, -0.2) is 0 Å². The molecule has 0 atom stereocenters. The summed E-state index contributed by atoms with van der Waals surface area (Å²) < 4.78 is 6.37. The molecule has 0 amide bonds. The molecule has 3 rings (SSSR count). The van der Waals surface area contributed by atoms with Crippen LogP contribution in [0.15, 0.2) is 30.3 Å². The van der Waals surface area contributed by atoms with Crippen LogP contribution in [-0.2, 0) is 4.74 Å². The molecule has 0 aromatic heterocycles. The van der Waals surface area contributed by atoms with Crippen LogP contribution in [0.25, 0.3) is 0 Å². The third kappa shape index (κ3) is 7.26. The third-order valence-corrected chi connectivity index (χ3v) is 7.20. The molecule has 1 aromatic carbocycles. The first kappa shape index (κ1) is 20.9. The Kier molecular flexibility index (Phi) is 9.21. The molecule has 2 aliphatic rings. The lowest BCUT2D eigenvalue weighted by Crippen LogP contribution is -2.25. The highest BCUT2D eigenvalue weighted by Crippen LogP contribution is 2.36. The van der Waals surface area contributed by atoms with E-state index in [1.54, 1.807) is 0 Å². The minimum atomic E-state index is 0.529. The standard InChI is InChI=1S/C26H42O/c1-2-3-4-5-7-10-22-13-15-23(16-14-22)21-27-26-19-17-25(18-20-26)24-11-8-6-9-12-24/h6,8-9,11-12,22-23,25-26H,2-5,7,10,13-21H2,1H3/t22-,23-,25-,26-. The van der Waals surface area contributed by atoms with E-state index < -0.39 is 0 Å². The molecule has 2 fully saturated rings. The fourth-order valence-electron chi connectivity index (χ4n) is 5.28. The molecule has 1 heteroatoms. The highest BCUT2D eigenvalue weighted by atomic mass is 16.5. The summed E-state index contributed by atoms with van der Waals surface area (Å²) >= 11 is 0. The minimum absolute atomic E-state index is 0.529. The van der Waals surface area contributed by atoms with Gasteiger partial charge in [-0.05, 0) is 61.8 Å². The first-order valence-corrected chi connectivity index (χ1v) is 12.0. The quantitative estimate of drug-likeness (QED) is 0.380. The van der Waals surface area contributed by atoms with Gasteiger partial charge in [0.1, 0.15) is 0 Å². The molecule has 0 aliphatic heterocycles. The maximum absolute atomic E-state index is 6.37. The van der Waals surface area contributed by atoms with Crippen molar-refractivity contribution in [2.75, 3.05) is 6.61 Å². The van der Waals surface area contributed by atoms with Crippen molar-refractivity contribution in [3.8, 4) is 0 Å². The van der Waals surface area contributed by atoms with Crippen LogP contribution >= 0.6 is 0 Å². The Morgan fingerprint density at radius 3 is 2.11 bits per heavy atom. The normalized spacial score (nSPS) is 28.9. The predicted octanol–water partition coefficient (Wildman–Crippen LogP) is 7.90. The van der Waals surface area contributed by atoms with Gasteiger partial charge in [0.2, 0.25) is 0 Å². The van der Waals surface area contributed by atoms with E-state index in [-0.39, 0.29) is 0 Å². The summed E-state index contributed by atoms with van der Waals surface area (Å²) in [4.78, 5) is 0. The molecule has 2 aliphatic carbocycles. The maximum Gasteiger partial charge on any atom is 0.0575 e. The minimum Gasteiger partial charge on any atom is -0.378 e. The zero-order chi connectivity index (χ0) is 18.7. The van der Waals surface area contributed by atoms with Gasteiger partial charge >= 0.3 is 0 Å². The molecule has 2 saturated carbocycles. The first-order valence-electron chi connectivity index (χ1n) is 12.0. The smallest absolute Gasteiger partial charge is 0.0575 e. The molecular formula is C26H42O. The molecule has 1 nitrogen and oxygen atoms in total. The van der Waals surface area contributed by atoms with Crippen molar-refractivity contribution in [2.45, 2.75) is 109 Å². The van der Waals surface area contributed by atoms with E-state index in [0.717, 1.165) is 24.4 Å². The predicted molar refractivity (Wildman–Crippen MR) is 116 cm³/mol. The van der Waals surface area contributed by atoms with Crippen molar-refractivity contribution in [3.05, 3.63) is 35.9 Å². The van der Waals surface area contributed by atoms with Crippen LogP contribution in [0.1, 0.15) is 108 Å². The maximum atomic E-state index is 6.37. The molecule has 0 spiro atoms. The number of rotatable bonds is 10. The zero-order valence-corrected chi connectivity index (χ0v) is 17.7. The van der Waals surface area contributed by atoms with E-state index in [1.165, 1.54) is 95.5 Å². The third-order valence-electron chi connectivity index (χ3n) is 7.20. The Labute approximate surface area is 168 Å². The Balaban J connectivity index is 1.24. The van der Waals surface area contributed by atoms with Crippen LogP contribution in [0.5, 0.6) is 0 Å². The van der Waals surface area contributed by atoms with Crippen molar-refractivity contribution in [1.29, 1.82) is 0 Å². The lowest BCUT2D eigenvalue weighted by atomic mass is 9.80. The van der Waals surface area contributed by atoms with E-state index in [9.17, 15) is 0 Å².